The largest absolute Gasteiger partial charge is 0.464 e. The fourth-order valence-electron chi connectivity index (χ4n) is 5.20. The van der Waals surface area contributed by atoms with E-state index in [0.29, 0.717) is 38.6 Å². The number of nitrogens with zero attached hydrogens (tertiary/aromatic N) is 3. The van der Waals surface area contributed by atoms with Crippen molar-refractivity contribution in [1.29, 1.82) is 0 Å². The van der Waals surface area contributed by atoms with Crippen LogP contribution in [-0.4, -0.2) is 158 Å². The number of aliphatic hydroxyl groups is 5. The third-order valence-corrected chi connectivity index (χ3v) is 7.86. The normalized spacial score (nSPS) is 30.4. The number of hydrogen-bond donors (Lipinski definition) is 7. The molecule has 2 fully saturated rings. The molecule has 0 bridgehead atoms. The van der Waals surface area contributed by atoms with Gasteiger partial charge in [-0.2, -0.15) is 0 Å². The van der Waals surface area contributed by atoms with Crippen LogP contribution in [0.2, 0.25) is 0 Å². The molecule has 0 aromatic rings. The van der Waals surface area contributed by atoms with Crippen molar-refractivity contribution in [3.05, 3.63) is 10.4 Å². The molecule has 2 amide bonds. The quantitative estimate of drug-likeness (QED) is 0.0240. The standard InChI is InChI=1S/C29H51N5O15/c1-4-45-26(41)16(33-19(35)11-6-5-8-13-32-34-30)10-7-9-12-31-29(42)49-25-21(37)18(47-27(44-3)24(25)40)15-46-28-23(39)22(38)20(36)17(48-28)14-43-2/h16-18,20-25,27-28,36-40H,4-15H2,1-3H3,(H,31,42)(H,33,35)/t16-,17?,18?,20+,21+,22-,23?,24?,25-,27-,28-/m0/s1. The fourth-order valence-corrected chi connectivity index (χ4v) is 5.20. The number of esters is 1. The minimum absolute atomic E-state index is 0.0941. The Morgan fingerprint density at radius 2 is 1.59 bits per heavy atom. The molecule has 0 spiro atoms. The van der Waals surface area contributed by atoms with E-state index in [0.717, 1.165) is 0 Å². The van der Waals surface area contributed by atoms with Crippen LogP contribution in [0.3, 0.4) is 0 Å². The number of unbranched alkanes of at least 4 members (excludes halogenated alkanes) is 3. The van der Waals surface area contributed by atoms with Crippen molar-refractivity contribution >= 4 is 18.0 Å². The van der Waals surface area contributed by atoms with Crippen LogP contribution >= 0.6 is 0 Å². The molecule has 2 rings (SSSR count). The molecule has 0 aliphatic carbocycles. The molecule has 2 saturated heterocycles. The molecular weight excluding hydrogens is 658 g/mol. The smallest absolute Gasteiger partial charge is 0.407 e. The predicted molar refractivity (Wildman–Crippen MR) is 165 cm³/mol. The van der Waals surface area contributed by atoms with E-state index in [1.165, 1.54) is 14.2 Å². The highest BCUT2D eigenvalue weighted by Crippen LogP contribution is 2.27. The first-order chi connectivity index (χ1) is 23.5. The number of alkyl carbamates (subject to hydrolysis) is 1. The summed E-state index contributed by atoms with van der Waals surface area (Å²) < 4.78 is 37.0. The van der Waals surface area contributed by atoms with E-state index >= 15 is 0 Å². The average molecular weight is 710 g/mol. The van der Waals surface area contributed by atoms with Gasteiger partial charge in [-0.05, 0) is 44.6 Å². The Bertz CT molecular complexity index is 1050. The van der Waals surface area contributed by atoms with Gasteiger partial charge in [-0.15, -0.1) is 0 Å². The number of ether oxygens (including phenoxy) is 7. The van der Waals surface area contributed by atoms with Crippen molar-refractivity contribution in [2.75, 3.05) is 47.1 Å². The summed E-state index contributed by atoms with van der Waals surface area (Å²) in [4.78, 5) is 40.0. The third kappa shape index (κ3) is 13.7. The first-order valence-corrected chi connectivity index (χ1v) is 16.2. The number of carbonyl (C=O) groups is 3. The molecule has 49 heavy (non-hydrogen) atoms. The number of carbonyl (C=O) groups excluding carboxylic acids is 3. The lowest BCUT2D eigenvalue weighted by atomic mass is 9.98. The lowest BCUT2D eigenvalue weighted by Crippen LogP contribution is -2.62. The minimum atomic E-state index is -1.65. The second-order valence-electron chi connectivity index (χ2n) is 11.5. The van der Waals surface area contributed by atoms with Crippen molar-refractivity contribution in [3.8, 4) is 0 Å². The Morgan fingerprint density at radius 1 is 0.878 bits per heavy atom. The summed E-state index contributed by atoms with van der Waals surface area (Å²) in [5, 5.41) is 60.7. The summed E-state index contributed by atoms with van der Waals surface area (Å²) in [6.45, 7) is 1.66. The molecule has 11 atom stereocenters. The number of nitrogens with one attached hydrogen (secondary N) is 2. The maximum Gasteiger partial charge on any atom is 0.407 e. The highest BCUT2D eigenvalue weighted by molar-refractivity contribution is 5.84. The van der Waals surface area contributed by atoms with Crippen molar-refractivity contribution < 1.29 is 73.1 Å². The van der Waals surface area contributed by atoms with Gasteiger partial charge in [0.25, 0.3) is 0 Å². The van der Waals surface area contributed by atoms with Crippen molar-refractivity contribution in [3.63, 3.8) is 0 Å². The van der Waals surface area contributed by atoms with Crippen LogP contribution in [-0.2, 0) is 42.7 Å². The van der Waals surface area contributed by atoms with E-state index in [-0.39, 0.29) is 38.5 Å². The molecule has 2 aliphatic heterocycles. The zero-order valence-corrected chi connectivity index (χ0v) is 28.0. The summed E-state index contributed by atoms with van der Waals surface area (Å²) in [5.74, 6) is -0.891. The van der Waals surface area contributed by atoms with Gasteiger partial charge < -0.3 is 69.3 Å². The van der Waals surface area contributed by atoms with Gasteiger partial charge >= 0.3 is 12.1 Å². The highest BCUT2D eigenvalue weighted by atomic mass is 16.7. The van der Waals surface area contributed by atoms with Gasteiger partial charge in [0.15, 0.2) is 18.7 Å². The van der Waals surface area contributed by atoms with Gasteiger partial charge in [0.2, 0.25) is 5.91 Å². The summed E-state index contributed by atoms with van der Waals surface area (Å²) >= 11 is 0. The number of aliphatic hydroxyl groups excluding tert-OH is 5. The third-order valence-electron chi connectivity index (χ3n) is 7.86. The first kappa shape index (κ1) is 42.3. The van der Waals surface area contributed by atoms with Crippen LogP contribution in [0.5, 0.6) is 0 Å². The van der Waals surface area contributed by atoms with Crippen LogP contribution in [0.1, 0.15) is 51.9 Å². The van der Waals surface area contributed by atoms with E-state index in [4.69, 9.17) is 38.7 Å². The molecule has 282 valence electrons. The summed E-state index contributed by atoms with van der Waals surface area (Å²) in [5.41, 5.74) is 8.31. The minimum Gasteiger partial charge on any atom is -0.464 e. The van der Waals surface area contributed by atoms with E-state index in [1.807, 2.05) is 0 Å². The van der Waals surface area contributed by atoms with E-state index < -0.39 is 86.1 Å². The Balaban J connectivity index is 1.84. The number of azide groups is 1. The zero-order valence-electron chi connectivity index (χ0n) is 28.0. The first-order valence-electron chi connectivity index (χ1n) is 16.2. The van der Waals surface area contributed by atoms with E-state index in [1.54, 1.807) is 6.92 Å². The second-order valence-corrected chi connectivity index (χ2v) is 11.5. The predicted octanol–water partition coefficient (Wildman–Crippen LogP) is -1.27. The second kappa shape index (κ2) is 22.8. The van der Waals surface area contributed by atoms with Crippen LogP contribution in [0.15, 0.2) is 5.11 Å². The maximum atomic E-state index is 12.6. The van der Waals surface area contributed by atoms with Crippen molar-refractivity contribution in [1.82, 2.24) is 10.6 Å². The summed E-state index contributed by atoms with van der Waals surface area (Å²) in [7, 11) is 2.58. The zero-order chi connectivity index (χ0) is 36.3. The molecule has 20 nitrogen and oxygen atoms in total. The lowest BCUT2D eigenvalue weighted by molar-refractivity contribution is -0.328. The Labute approximate surface area is 283 Å². The Morgan fingerprint density at radius 3 is 2.27 bits per heavy atom. The topological polar surface area (TPSA) is 290 Å². The van der Waals surface area contributed by atoms with Gasteiger partial charge in [0.05, 0.1) is 19.8 Å². The summed E-state index contributed by atoms with van der Waals surface area (Å²) in [6, 6.07) is -0.875. The molecule has 20 heteroatoms. The number of amides is 2. The molecule has 0 radical (unpaired) electrons. The monoisotopic (exact) mass is 709 g/mol. The van der Waals surface area contributed by atoms with Gasteiger partial charge in [-0.3, -0.25) is 4.79 Å². The Kier molecular flexibility index (Phi) is 19.6. The molecule has 4 unspecified atom stereocenters. The highest BCUT2D eigenvalue weighted by Gasteiger charge is 2.49. The van der Waals surface area contributed by atoms with Gasteiger partial charge in [-0.25, -0.2) is 9.59 Å². The van der Waals surface area contributed by atoms with Gasteiger partial charge in [0.1, 0.15) is 48.8 Å². The number of methoxy groups -OCH3 is 2. The van der Waals surface area contributed by atoms with Crippen LogP contribution in [0, 0.1) is 0 Å². The van der Waals surface area contributed by atoms with Crippen LogP contribution in [0.4, 0.5) is 4.79 Å². The van der Waals surface area contributed by atoms with Crippen LogP contribution in [0.25, 0.3) is 10.4 Å². The lowest BCUT2D eigenvalue weighted by Gasteiger charge is -2.43. The number of hydrogen-bond acceptors (Lipinski definition) is 16. The van der Waals surface area contributed by atoms with Crippen molar-refractivity contribution in [2.45, 2.75) is 119 Å². The molecule has 7 N–H and O–H groups in total. The summed E-state index contributed by atoms with van der Waals surface area (Å²) in [6.07, 6.45) is -12.4. The SMILES string of the molecule is CCOC(=O)[C@H](CCCCNC(=O)O[C@@H]1C(O)[C@@H](OC)OC(CO[C@H]2OC(COC)[C@@H](O)[C@H](O)C2O)[C@H]1O)NC(=O)CCCCCN=[N+]=[N-]. The maximum absolute atomic E-state index is 12.6. The van der Waals surface area contributed by atoms with E-state index in [9.17, 15) is 39.9 Å². The molecular formula is C29H51N5O15. The van der Waals surface area contributed by atoms with Gasteiger partial charge in [-0.1, -0.05) is 11.5 Å². The molecule has 0 saturated carbocycles. The van der Waals surface area contributed by atoms with Crippen LogP contribution < -0.4 is 10.6 Å². The number of rotatable bonds is 21. The van der Waals surface area contributed by atoms with Crippen molar-refractivity contribution in [2.24, 2.45) is 5.11 Å². The fraction of sp³-hybridized carbons (Fsp3) is 0.897. The molecule has 2 aliphatic rings. The average Bonchev–Trinajstić information content (AvgIpc) is 3.08. The van der Waals surface area contributed by atoms with E-state index in [2.05, 4.69) is 20.7 Å². The molecule has 2 heterocycles. The molecule has 0 aromatic carbocycles. The Hall–Kier alpha value is -2.88. The van der Waals surface area contributed by atoms with Gasteiger partial charge in [0, 0.05) is 38.6 Å². The molecule has 0 aromatic heterocycles.